The van der Waals surface area contributed by atoms with Crippen molar-refractivity contribution in [1.82, 2.24) is 0 Å². The molecule has 0 radical (unpaired) electrons. The summed E-state index contributed by atoms with van der Waals surface area (Å²) in [6, 6.07) is 0. The highest BCUT2D eigenvalue weighted by Gasteiger charge is 2.37. The number of hydrogen-bond donors (Lipinski definition) is 2. The van der Waals surface area contributed by atoms with Gasteiger partial charge in [0.25, 0.3) is 11.7 Å². The molecule has 4 nitrogen and oxygen atoms in total. The molecule has 1 rings (SSSR count). The van der Waals surface area contributed by atoms with Crippen LogP contribution in [0, 0.1) is 0 Å². The van der Waals surface area contributed by atoms with E-state index in [1.54, 1.807) is 0 Å². The summed E-state index contributed by atoms with van der Waals surface area (Å²) < 4.78 is 9.62. The Morgan fingerprint density at radius 1 is 1.54 bits per heavy atom. The lowest BCUT2D eigenvalue weighted by molar-refractivity contribution is -0.220. The number of thiocarbonyl (C=S) groups is 1. The predicted molar refractivity (Wildman–Crippen MR) is 52.5 cm³/mol. The van der Waals surface area contributed by atoms with Gasteiger partial charge in [-0.2, -0.15) is 0 Å². The SMILES string of the molecule is CC1(C)OC(=O)C(C(=S)S)=C(O)O1. The molecule has 6 heteroatoms. The number of hydrogen-bond acceptors (Lipinski definition) is 5. The molecule has 0 amide bonds. The Morgan fingerprint density at radius 3 is 2.46 bits per heavy atom. The van der Waals surface area contributed by atoms with Crippen molar-refractivity contribution in [2.45, 2.75) is 19.6 Å². The topological polar surface area (TPSA) is 55.8 Å². The van der Waals surface area contributed by atoms with E-state index in [0.717, 1.165) is 0 Å². The lowest BCUT2D eigenvalue weighted by Gasteiger charge is -2.30. The Balaban J connectivity index is 3.09. The molecule has 1 heterocycles. The van der Waals surface area contributed by atoms with E-state index in [2.05, 4.69) is 24.8 Å². The second kappa shape index (κ2) is 3.19. The average Bonchev–Trinajstić information content (AvgIpc) is 1.78. The summed E-state index contributed by atoms with van der Waals surface area (Å²) in [6.07, 6.45) is 0. The third-order valence-corrected chi connectivity index (χ3v) is 1.74. The van der Waals surface area contributed by atoms with E-state index in [1.165, 1.54) is 13.8 Å². The number of aliphatic hydroxyl groups excluding tert-OH is 1. The minimum absolute atomic E-state index is 0.0574. The number of ether oxygens (including phenoxy) is 2. The quantitative estimate of drug-likeness (QED) is 0.396. The van der Waals surface area contributed by atoms with Gasteiger partial charge in [0.05, 0.1) is 4.20 Å². The van der Waals surface area contributed by atoms with E-state index in [-0.39, 0.29) is 9.77 Å². The first-order valence-corrected chi connectivity index (χ1v) is 4.28. The first-order valence-electron chi connectivity index (χ1n) is 3.42. The Hall–Kier alpha value is -0.750. The highest BCUT2D eigenvalue weighted by atomic mass is 32.1. The molecule has 0 aliphatic carbocycles. The van der Waals surface area contributed by atoms with Gasteiger partial charge in [-0.1, -0.05) is 12.2 Å². The smallest absolute Gasteiger partial charge is 0.350 e. The number of carbonyl (C=O) groups is 1. The molecule has 0 saturated carbocycles. The van der Waals surface area contributed by atoms with E-state index in [4.69, 9.17) is 9.47 Å². The monoisotopic (exact) mass is 220 g/mol. The molecule has 0 bridgehead atoms. The average molecular weight is 220 g/mol. The van der Waals surface area contributed by atoms with Gasteiger partial charge in [-0.25, -0.2) is 4.79 Å². The maximum atomic E-state index is 11.2. The van der Waals surface area contributed by atoms with Crippen LogP contribution in [-0.4, -0.2) is 21.1 Å². The van der Waals surface area contributed by atoms with Crippen molar-refractivity contribution < 1.29 is 19.4 Å². The summed E-state index contributed by atoms with van der Waals surface area (Å²) >= 11 is 8.36. The zero-order chi connectivity index (χ0) is 10.2. The zero-order valence-corrected chi connectivity index (χ0v) is 8.74. The number of rotatable bonds is 1. The normalized spacial score (nSPS) is 20.7. The van der Waals surface area contributed by atoms with Crippen LogP contribution < -0.4 is 0 Å². The molecule has 0 fully saturated rings. The van der Waals surface area contributed by atoms with E-state index in [1.807, 2.05) is 0 Å². The van der Waals surface area contributed by atoms with Crippen LogP contribution in [0.5, 0.6) is 0 Å². The molecule has 0 spiro atoms. The summed E-state index contributed by atoms with van der Waals surface area (Å²) in [5, 5.41) is 9.27. The Kier molecular flexibility index (Phi) is 2.53. The summed E-state index contributed by atoms with van der Waals surface area (Å²) in [7, 11) is 0. The van der Waals surface area contributed by atoms with Crippen LogP contribution in [0.2, 0.25) is 0 Å². The number of carbonyl (C=O) groups excluding carboxylic acids is 1. The van der Waals surface area contributed by atoms with E-state index >= 15 is 0 Å². The van der Waals surface area contributed by atoms with Crippen LogP contribution in [0.3, 0.4) is 0 Å². The lowest BCUT2D eigenvalue weighted by atomic mass is 10.2. The van der Waals surface area contributed by atoms with Gasteiger partial charge in [-0.05, 0) is 0 Å². The first kappa shape index (κ1) is 10.3. The predicted octanol–water partition coefficient (Wildman–Crippen LogP) is 1.32. The van der Waals surface area contributed by atoms with Gasteiger partial charge in [0.15, 0.2) is 5.57 Å². The van der Waals surface area contributed by atoms with Crippen LogP contribution in [-0.2, 0) is 14.3 Å². The third-order valence-electron chi connectivity index (χ3n) is 1.31. The van der Waals surface area contributed by atoms with Gasteiger partial charge < -0.3 is 14.6 Å². The number of cyclic esters (lactones) is 1. The number of aliphatic hydroxyl groups is 1. The molecule has 0 aromatic rings. The van der Waals surface area contributed by atoms with E-state index < -0.39 is 17.7 Å². The molecular weight excluding hydrogens is 212 g/mol. The second-order valence-corrected chi connectivity index (χ2v) is 4.03. The maximum absolute atomic E-state index is 11.2. The standard InChI is InChI=1S/C7H8O4S2/c1-7(2)10-4(8)3(6(12)13)5(9)11-7/h8H,1-2H3,(H,12,13). The summed E-state index contributed by atoms with van der Waals surface area (Å²) in [5.41, 5.74) is -0.211. The maximum Gasteiger partial charge on any atom is 0.350 e. The number of esters is 1. The van der Waals surface area contributed by atoms with Crippen molar-refractivity contribution >= 4 is 35.0 Å². The lowest BCUT2D eigenvalue weighted by Crippen LogP contribution is -2.38. The molecule has 1 aliphatic heterocycles. The fourth-order valence-electron chi connectivity index (χ4n) is 0.845. The molecule has 0 aromatic carbocycles. The van der Waals surface area contributed by atoms with E-state index in [9.17, 15) is 9.90 Å². The first-order chi connectivity index (χ1) is 5.83. The van der Waals surface area contributed by atoms with E-state index in [0.29, 0.717) is 0 Å². The Morgan fingerprint density at radius 2 is 2.08 bits per heavy atom. The summed E-state index contributed by atoms with van der Waals surface area (Å²) in [4.78, 5) is 11.2. The molecule has 0 saturated heterocycles. The van der Waals surface area contributed by atoms with Crippen LogP contribution in [0.15, 0.2) is 11.5 Å². The molecular formula is C7H8O4S2. The highest BCUT2D eigenvalue weighted by molar-refractivity contribution is 8.12. The molecule has 1 N–H and O–H groups in total. The molecule has 72 valence electrons. The van der Waals surface area contributed by atoms with Crippen molar-refractivity contribution in [2.75, 3.05) is 0 Å². The van der Waals surface area contributed by atoms with Crippen molar-refractivity contribution in [3.63, 3.8) is 0 Å². The third kappa shape index (κ3) is 2.13. The van der Waals surface area contributed by atoms with Gasteiger partial charge in [0.2, 0.25) is 0 Å². The Bertz CT molecular complexity index is 306. The van der Waals surface area contributed by atoms with Crippen LogP contribution >= 0.6 is 24.8 Å². The molecule has 0 aromatic heterocycles. The summed E-state index contributed by atoms with van der Waals surface area (Å²) in [5.74, 6) is -2.43. The highest BCUT2D eigenvalue weighted by Crippen LogP contribution is 2.26. The molecule has 0 atom stereocenters. The molecule has 13 heavy (non-hydrogen) atoms. The minimum Gasteiger partial charge on any atom is -0.480 e. The fraction of sp³-hybridized carbons (Fsp3) is 0.429. The molecule has 0 unspecified atom stereocenters. The Labute approximate surface area is 85.9 Å². The summed E-state index contributed by atoms with van der Waals surface area (Å²) in [6.45, 7) is 3.00. The van der Waals surface area contributed by atoms with Crippen molar-refractivity contribution in [1.29, 1.82) is 0 Å². The largest absolute Gasteiger partial charge is 0.480 e. The van der Waals surface area contributed by atoms with Gasteiger partial charge in [0.1, 0.15) is 0 Å². The van der Waals surface area contributed by atoms with Crippen molar-refractivity contribution in [2.24, 2.45) is 0 Å². The molecule has 1 aliphatic rings. The number of thiol groups is 1. The van der Waals surface area contributed by atoms with Crippen molar-refractivity contribution in [3.8, 4) is 0 Å². The van der Waals surface area contributed by atoms with Gasteiger partial charge in [-0.3, -0.25) is 0 Å². The van der Waals surface area contributed by atoms with Crippen LogP contribution in [0.1, 0.15) is 13.8 Å². The van der Waals surface area contributed by atoms with Gasteiger partial charge >= 0.3 is 5.97 Å². The minimum atomic E-state index is -1.16. The van der Waals surface area contributed by atoms with Crippen molar-refractivity contribution in [3.05, 3.63) is 11.5 Å². The van der Waals surface area contributed by atoms with Crippen LogP contribution in [0.4, 0.5) is 0 Å². The fourth-order valence-corrected chi connectivity index (χ4v) is 1.20. The van der Waals surface area contributed by atoms with Crippen LogP contribution in [0.25, 0.3) is 0 Å². The van der Waals surface area contributed by atoms with Gasteiger partial charge in [0, 0.05) is 13.8 Å². The zero-order valence-electron chi connectivity index (χ0n) is 7.03. The second-order valence-electron chi connectivity index (χ2n) is 2.88. The van der Waals surface area contributed by atoms with Gasteiger partial charge in [-0.15, -0.1) is 12.6 Å².